The summed E-state index contributed by atoms with van der Waals surface area (Å²) >= 11 is 6.04. The van der Waals surface area contributed by atoms with E-state index in [-0.39, 0.29) is 17.6 Å². The van der Waals surface area contributed by atoms with Crippen LogP contribution in [0.25, 0.3) is 0 Å². The molecule has 1 atom stereocenters. The Labute approximate surface area is 123 Å². The normalized spacial score (nSPS) is 12.4. The molecule has 1 unspecified atom stereocenters. The summed E-state index contributed by atoms with van der Waals surface area (Å²) in [6.07, 6.45) is 0. The van der Waals surface area contributed by atoms with Gasteiger partial charge in [0.1, 0.15) is 11.6 Å². The maximum atomic E-state index is 13.5. The Morgan fingerprint density at radius 3 is 2.70 bits per heavy atom. The van der Waals surface area contributed by atoms with Crippen LogP contribution in [-0.4, -0.2) is 5.11 Å². The third-order valence-electron chi connectivity index (χ3n) is 3.38. The average Bonchev–Trinajstić information content (AvgIpc) is 2.41. The Kier molecular flexibility index (Phi) is 4.63. The predicted octanol–water partition coefficient (Wildman–Crippen LogP) is 4.34. The predicted molar refractivity (Wildman–Crippen MR) is 79.5 cm³/mol. The van der Waals surface area contributed by atoms with Crippen molar-refractivity contribution in [2.45, 2.75) is 26.4 Å². The van der Waals surface area contributed by atoms with Gasteiger partial charge in [0, 0.05) is 23.2 Å². The van der Waals surface area contributed by atoms with Gasteiger partial charge in [0.05, 0.1) is 0 Å². The van der Waals surface area contributed by atoms with Crippen molar-refractivity contribution in [3.05, 3.63) is 63.9 Å². The summed E-state index contributed by atoms with van der Waals surface area (Å²) in [4.78, 5) is 0. The van der Waals surface area contributed by atoms with E-state index >= 15 is 0 Å². The highest BCUT2D eigenvalue weighted by molar-refractivity contribution is 6.31. The van der Waals surface area contributed by atoms with Crippen LogP contribution in [0.3, 0.4) is 0 Å². The third-order valence-corrected chi connectivity index (χ3v) is 3.73. The number of phenolic OH excluding ortho intramolecular Hbond substituents is 1. The van der Waals surface area contributed by atoms with Gasteiger partial charge in [-0.3, -0.25) is 0 Å². The maximum Gasteiger partial charge on any atom is 0.126 e. The smallest absolute Gasteiger partial charge is 0.126 e. The van der Waals surface area contributed by atoms with Crippen molar-refractivity contribution in [3.8, 4) is 5.75 Å². The molecule has 0 saturated carbocycles. The van der Waals surface area contributed by atoms with Gasteiger partial charge in [-0.1, -0.05) is 29.8 Å². The molecule has 0 amide bonds. The van der Waals surface area contributed by atoms with E-state index in [1.165, 1.54) is 6.07 Å². The molecule has 4 heteroatoms. The van der Waals surface area contributed by atoms with Crippen molar-refractivity contribution in [1.29, 1.82) is 0 Å². The van der Waals surface area contributed by atoms with Crippen LogP contribution in [0.1, 0.15) is 29.7 Å². The van der Waals surface area contributed by atoms with Crippen LogP contribution in [0.5, 0.6) is 5.75 Å². The molecule has 0 heterocycles. The molecule has 2 nitrogen and oxygen atoms in total. The van der Waals surface area contributed by atoms with Crippen LogP contribution in [-0.2, 0) is 6.54 Å². The average molecular weight is 294 g/mol. The molecular weight excluding hydrogens is 277 g/mol. The number of nitrogens with one attached hydrogen (secondary N) is 1. The van der Waals surface area contributed by atoms with Crippen molar-refractivity contribution in [2.24, 2.45) is 0 Å². The third kappa shape index (κ3) is 3.30. The number of benzene rings is 2. The van der Waals surface area contributed by atoms with Crippen molar-refractivity contribution < 1.29 is 9.50 Å². The zero-order valence-electron chi connectivity index (χ0n) is 11.5. The zero-order valence-corrected chi connectivity index (χ0v) is 12.2. The van der Waals surface area contributed by atoms with Gasteiger partial charge in [0.25, 0.3) is 0 Å². The van der Waals surface area contributed by atoms with Gasteiger partial charge < -0.3 is 10.4 Å². The molecule has 2 rings (SSSR count). The second kappa shape index (κ2) is 6.25. The van der Waals surface area contributed by atoms with E-state index in [9.17, 15) is 9.50 Å². The summed E-state index contributed by atoms with van der Waals surface area (Å²) in [5, 5.41) is 13.5. The minimum absolute atomic E-state index is 0.0410. The van der Waals surface area contributed by atoms with Crippen LogP contribution in [0, 0.1) is 12.7 Å². The van der Waals surface area contributed by atoms with Crippen LogP contribution in [0.2, 0.25) is 5.02 Å². The summed E-state index contributed by atoms with van der Waals surface area (Å²) in [7, 11) is 0. The fourth-order valence-electron chi connectivity index (χ4n) is 1.97. The number of hydrogen-bond acceptors (Lipinski definition) is 2. The summed E-state index contributed by atoms with van der Waals surface area (Å²) in [5.74, 6) is -0.0518. The lowest BCUT2D eigenvalue weighted by molar-refractivity contribution is 0.460. The highest BCUT2D eigenvalue weighted by Gasteiger charge is 2.10. The fraction of sp³-hybridized carbons (Fsp3) is 0.250. The summed E-state index contributed by atoms with van der Waals surface area (Å²) < 4.78 is 13.5. The zero-order chi connectivity index (χ0) is 14.7. The first-order valence-corrected chi connectivity index (χ1v) is 6.82. The maximum absolute atomic E-state index is 13.5. The quantitative estimate of drug-likeness (QED) is 0.878. The molecule has 0 aliphatic rings. The SMILES string of the molecule is Cc1ccc(C(C)NCc2c(O)cccc2Cl)cc1F. The summed E-state index contributed by atoms with van der Waals surface area (Å²) in [5.41, 5.74) is 2.14. The van der Waals surface area contributed by atoms with Crippen LogP contribution in [0.4, 0.5) is 4.39 Å². The van der Waals surface area contributed by atoms with E-state index in [1.54, 1.807) is 31.2 Å². The molecule has 106 valence electrons. The van der Waals surface area contributed by atoms with Crippen molar-refractivity contribution >= 4 is 11.6 Å². The van der Waals surface area contributed by atoms with E-state index < -0.39 is 0 Å². The lowest BCUT2D eigenvalue weighted by Crippen LogP contribution is -2.18. The molecule has 0 saturated heterocycles. The molecule has 0 fully saturated rings. The second-order valence-electron chi connectivity index (χ2n) is 4.85. The van der Waals surface area contributed by atoms with Gasteiger partial charge in [-0.15, -0.1) is 0 Å². The molecule has 20 heavy (non-hydrogen) atoms. The van der Waals surface area contributed by atoms with E-state index in [0.29, 0.717) is 22.7 Å². The molecule has 2 aromatic carbocycles. The van der Waals surface area contributed by atoms with E-state index in [0.717, 1.165) is 5.56 Å². The minimum atomic E-state index is -0.211. The molecular formula is C16H17ClFNO. The fourth-order valence-corrected chi connectivity index (χ4v) is 2.21. The van der Waals surface area contributed by atoms with Gasteiger partial charge in [-0.2, -0.15) is 0 Å². The van der Waals surface area contributed by atoms with E-state index in [4.69, 9.17) is 11.6 Å². The van der Waals surface area contributed by atoms with Gasteiger partial charge in [-0.05, 0) is 43.2 Å². The summed E-state index contributed by atoms with van der Waals surface area (Å²) in [6.45, 7) is 4.10. The molecule has 0 bridgehead atoms. The first kappa shape index (κ1) is 14.8. The van der Waals surface area contributed by atoms with Crippen molar-refractivity contribution in [2.75, 3.05) is 0 Å². The number of halogens is 2. The Morgan fingerprint density at radius 1 is 1.30 bits per heavy atom. The number of phenols is 1. The molecule has 0 aliphatic heterocycles. The standard InChI is InChI=1S/C16H17ClFNO/c1-10-6-7-12(8-15(10)18)11(2)19-9-13-14(17)4-3-5-16(13)20/h3-8,11,19-20H,9H2,1-2H3. The van der Waals surface area contributed by atoms with Gasteiger partial charge in [0.2, 0.25) is 0 Å². The van der Waals surface area contributed by atoms with Crippen LogP contribution < -0.4 is 5.32 Å². The number of hydrogen-bond donors (Lipinski definition) is 2. The second-order valence-corrected chi connectivity index (χ2v) is 5.26. The Hall–Kier alpha value is -1.58. The van der Waals surface area contributed by atoms with Crippen LogP contribution >= 0.6 is 11.6 Å². The Bertz CT molecular complexity index is 595. The molecule has 0 aliphatic carbocycles. The molecule has 2 N–H and O–H groups in total. The van der Waals surface area contributed by atoms with Crippen molar-refractivity contribution in [1.82, 2.24) is 5.32 Å². The van der Waals surface area contributed by atoms with Gasteiger partial charge in [-0.25, -0.2) is 4.39 Å². The Morgan fingerprint density at radius 2 is 2.05 bits per heavy atom. The largest absolute Gasteiger partial charge is 0.508 e. The number of rotatable bonds is 4. The molecule has 0 radical (unpaired) electrons. The lowest BCUT2D eigenvalue weighted by atomic mass is 10.1. The lowest BCUT2D eigenvalue weighted by Gasteiger charge is -2.16. The van der Waals surface area contributed by atoms with E-state index in [2.05, 4.69) is 5.32 Å². The Balaban J connectivity index is 2.08. The van der Waals surface area contributed by atoms with Crippen molar-refractivity contribution in [3.63, 3.8) is 0 Å². The van der Waals surface area contributed by atoms with Crippen LogP contribution in [0.15, 0.2) is 36.4 Å². The minimum Gasteiger partial charge on any atom is -0.508 e. The highest BCUT2D eigenvalue weighted by Crippen LogP contribution is 2.26. The number of aryl methyl sites for hydroxylation is 1. The molecule has 0 spiro atoms. The van der Waals surface area contributed by atoms with Gasteiger partial charge >= 0.3 is 0 Å². The topological polar surface area (TPSA) is 32.3 Å². The first-order chi connectivity index (χ1) is 9.49. The van der Waals surface area contributed by atoms with E-state index in [1.807, 2.05) is 13.0 Å². The molecule has 2 aromatic rings. The first-order valence-electron chi connectivity index (χ1n) is 6.45. The highest BCUT2D eigenvalue weighted by atomic mass is 35.5. The monoisotopic (exact) mass is 293 g/mol. The summed E-state index contributed by atoms with van der Waals surface area (Å²) in [6, 6.07) is 10.2. The van der Waals surface area contributed by atoms with Gasteiger partial charge in [0.15, 0.2) is 0 Å². The number of aromatic hydroxyl groups is 1. The molecule has 0 aromatic heterocycles.